The second-order valence-electron chi connectivity index (χ2n) is 4.61. The number of rotatable bonds is 5. The van der Waals surface area contributed by atoms with Crippen molar-refractivity contribution in [1.82, 2.24) is 10.2 Å². The Kier molecular flexibility index (Phi) is 3.59. The van der Waals surface area contributed by atoms with Crippen molar-refractivity contribution in [3.8, 4) is 0 Å². The Morgan fingerprint density at radius 2 is 2.20 bits per heavy atom. The smallest absolute Gasteiger partial charge is 0.220 e. The zero-order chi connectivity index (χ0) is 10.7. The molecule has 0 aromatic carbocycles. The molecule has 1 saturated carbocycles. The van der Waals surface area contributed by atoms with Gasteiger partial charge in [-0.2, -0.15) is 0 Å². The molecule has 2 N–H and O–H groups in total. The molecule has 4 heteroatoms. The van der Waals surface area contributed by atoms with Crippen molar-refractivity contribution in [2.75, 3.05) is 19.7 Å². The maximum Gasteiger partial charge on any atom is 0.220 e. The molecule has 0 aromatic heterocycles. The Balaban J connectivity index is 1.65. The van der Waals surface area contributed by atoms with E-state index in [1.54, 1.807) is 0 Å². The van der Waals surface area contributed by atoms with Crippen molar-refractivity contribution in [2.45, 2.75) is 44.2 Å². The molecule has 1 unspecified atom stereocenters. The summed E-state index contributed by atoms with van der Waals surface area (Å²) in [6, 6.07) is 1.15. The first kappa shape index (κ1) is 10.9. The average molecular weight is 212 g/mol. The van der Waals surface area contributed by atoms with Crippen molar-refractivity contribution in [2.24, 2.45) is 0 Å². The molecule has 1 atom stereocenters. The van der Waals surface area contributed by atoms with E-state index >= 15 is 0 Å². The summed E-state index contributed by atoms with van der Waals surface area (Å²) in [7, 11) is 0. The number of hydrogen-bond donors (Lipinski definition) is 2. The highest BCUT2D eigenvalue weighted by Crippen LogP contribution is 2.29. The van der Waals surface area contributed by atoms with Crippen LogP contribution in [0.2, 0.25) is 0 Å². The highest BCUT2D eigenvalue weighted by Gasteiger charge is 2.34. The minimum atomic E-state index is 0.0895. The number of carbonyl (C=O) groups excluding carboxylic acids is 1. The number of carbonyl (C=O) groups is 1. The van der Waals surface area contributed by atoms with Crippen LogP contribution in [-0.2, 0) is 4.79 Å². The van der Waals surface area contributed by atoms with Crippen molar-refractivity contribution in [1.29, 1.82) is 0 Å². The highest BCUT2D eigenvalue weighted by atomic mass is 16.3. The van der Waals surface area contributed by atoms with Gasteiger partial charge in [0, 0.05) is 38.2 Å². The predicted octanol–water partition coefficient (Wildman–Crippen LogP) is 0.112. The number of amides is 1. The minimum absolute atomic E-state index is 0.0895. The minimum Gasteiger partial charge on any atom is -0.396 e. The van der Waals surface area contributed by atoms with E-state index in [4.69, 9.17) is 5.11 Å². The lowest BCUT2D eigenvalue weighted by Gasteiger charge is -2.15. The van der Waals surface area contributed by atoms with Crippen molar-refractivity contribution >= 4 is 5.91 Å². The Hall–Kier alpha value is -0.610. The van der Waals surface area contributed by atoms with Gasteiger partial charge in [0.15, 0.2) is 0 Å². The molecule has 0 aromatic rings. The van der Waals surface area contributed by atoms with E-state index in [2.05, 4.69) is 10.2 Å². The van der Waals surface area contributed by atoms with E-state index in [1.165, 1.54) is 12.8 Å². The van der Waals surface area contributed by atoms with Crippen LogP contribution < -0.4 is 5.32 Å². The lowest BCUT2D eigenvalue weighted by molar-refractivity contribution is -0.122. The summed E-state index contributed by atoms with van der Waals surface area (Å²) < 4.78 is 0. The summed E-state index contributed by atoms with van der Waals surface area (Å²) in [5, 5.41) is 11.6. The van der Waals surface area contributed by atoms with E-state index < -0.39 is 0 Å². The molecule has 1 aliphatic heterocycles. The summed E-state index contributed by atoms with van der Waals surface area (Å²) in [5.74, 6) is 0.0895. The lowest BCUT2D eigenvalue weighted by atomic mass is 10.2. The Morgan fingerprint density at radius 1 is 1.40 bits per heavy atom. The van der Waals surface area contributed by atoms with Gasteiger partial charge in [-0.3, -0.25) is 9.69 Å². The van der Waals surface area contributed by atoms with Gasteiger partial charge in [-0.15, -0.1) is 0 Å². The molecule has 1 saturated heterocycles. The normalized spacial score (nSPS) is 26.9. The fourth-order valence-corrected chi connectivity index (χ4v) is 2.22. The molecular formula is C11H20N2O2. The third-order valence-electron chi connectivity index (χ3n) is 3.21. The second kappa shape index (κ2) is 4.94. The molecular weight excluding hydrogens is 192 g/mol. The zero-order valence-corrected chi connectivity index (χ0v) is 9.11. The maximum atomic E-state index is 11.4. The van der Waals surface area contributed by atoms with Gasteiger partial charge in [-0.25, -0.2) is 0 Å². The van der Waals surface area contributed by atoms with Gasteiger partial charge in [0.05, 0.1) is 0 Å². The number of hydrogen-bond acceptors (Lipinski definition) is 3. The predicted molar refractivity (Wildman–Crippen MR) is 57.5 cm³/mol. The van der Waals surface area contributed by atoms with Gasteiger partial charge in [-0.05, 0) is 25.7 Å². The first-order valence-corrected chi connectivity index (χ1v) is 5.94. The lowest BCUT2D eigenvalue weighted by Crippen LogP contribution is -2.37. The molecule has 15 heavy (non-hydrogen) atoms. The third kappa shape index (κ3) is 3.18. The van der Waals surface area contributed by atoms with Gasteiger partial charge >= 0.3 is 0 Å². The Morgan fingerprint density at radius 3 is 2.87 bits per heavy atom. The Labute approximate surface area is 90.6 Å². The van der Waals surface area contributed by atoms with Crippen molar-refractivity contribution < 1.29 is 9.90 Å². The van der Waals surface area contributed by atoms with Gasteiger partial charge in [0.25, 0.3) is 0 Å². The van der Waals surface area contributed by atoms with Crippen LogP contribution in [0, 0.1) is 0 Å². The SMILES string of the molecule is O=C(CCCO)NC1CCN(C2CC2)C1. The number of nitrogens with one attached hydrogen (secondary N) is 1. The number of aliphatic hydroxyl groups is 1. The molecule has 2 rings (SSSR count). The van der Waals surface area contributed by atoms with E-state index in [9.17, 15) is 4.79 Å². The molecule has 0 bridgehead atoms. The summed E-state index contributed by atoms with van der Waals surface area (Å²) in [5.41, 5.74) is 0. The van der Waals surface area contributed by atoms with Crippen LogP contribution in [0.3, 0.4) is 0 Å². The van der Waals surface area contributed by atoms with Crippen LogP contribution in [0.25, 0.3) is 0 Å². The molecule has 4 nitrogen and oxygen atoms in total. The van der Waals surface area contributed by atoms with E-state index in [1.807, 2.05) is 0 Å². The standard InChI is InChI=1S/C11H20N2O2/c14-7-1-2-11(15)12-9-5-6-13(8-9)10-3-4-10/h9-10,14H,1-8H2,(H,12,15). The fraction of sp³-hybridized carbons (Fsp3) is 0.909. The van der Waals surface area contributed by atoms with Crippen LogP contribution in [0.1, 0.15) is 32.1 Å². The first-order valence-electron chi connectivity index (χ1n) is 5.94. The van der Waals surface area contributed by atoms with Crippen LogP contribution in [0.15, 0.2) is 0 Å². The molecule has 1 heterocycles. The van der Waals surface area contributed by atoms with Crippen molar-refractivity contribution in [3.63, 3.8) is 0 Å². The molecule has 2 aliphatic rings. The highest BCUT2D eigenvalue weighted by molar-refractivity contribution is 5.76. The molecule has 0 spiro atoms. The summed E-state index contributed by atoms with van der Waals surface area (Å²) in [6.07, 6.45) is 4.79. The molecule has 1 aliphatic carbocycles. The fourth-order valence-electron chi connectivity index (χ4n) is 2.22. The van der Waals surface area contributed by atoms with E-state index in [0.29, 0.717) is 18.9 Å². The average Bonchev–Trinajstić information content (AvgIpc) is 2.98. The second-order valence-corrected chi connectivity index (χ2v) is 4.61. The summed E-state index contributed by atoms with van der Waals surface area (Å²) in [6.45, 7) is 2.26. The number of aliphatic hydroxyl groups excluding tert-OH is 1. The van der Waals surface area contributed by atoms with Crippen LogP contribution in [0.4, 0.5) is 0 Å². The Bertz CT molecular complexity index is 229. The topological polar surface area (TPSA) is 52.6 Å². The van der Waals surface area contributed by atoms with Crippen LogP contribution >= 0.6 is 0 Å². The van der Waals surface area contributed by atoms with Gasteiger partial charge in [0.2, 0.25) is 5.91 Å². The maximum absolute atomic E-state index is 11.4. The molecule has 1 amide bonds. The molecule has 2 fully saturated rings. The summed E-state index contributed by atoms with van der Waals surface area (Å²) in [4.78, 5) is 13.9. The van der Waals surface area contributed by atoms with E-state index in [-0.39, 0.29) is 12.5 Å². The third-order valence-corrected chi connectivity index (χ3v) is 3.21. The van der Waals surface area contributed by atoms with E-state index in [0.717, 1.165) is 25.6 Å². The van der Waals surface area contributed by atoms with Gasteiger partial charge in [-0.1, -0.05) is 0 Å². The number of likely N-dealkylation sites (tertiary alicyclic amines) is 1. The number of nitrogens with zero attached hydrogens (tertiary/aromatic N) is 1. The summed E-state index contributed by atoms with van der Waals surface area (Å²) >= 11 is 0. The van der Waals surface area contributed by atoms with Crippen molar-refractivity contribution in [3.05, 3.63) is 0 Å². The monoisotopic (exact) mass is 212 g/mol. The zero-order valence-electron chi connectivity index (χ0n) is 9.11. The largest absolute Gasteiger partial charge is 0.396 e. The molecule has 0 radical (unpaired) electrons. The first-order chi connectivity index (χ1) is 7.29. The quantitative estimate of drug-likeness (QED) is 0.680. The van der Waals surface area contributed by atoms with Crippen LogP contribution in [0.5, 0.6) is 0 Å². The van der Waals surface area contributed by atoms with Gasteiger partial charge < -0.3 is 10.4 Å². The molecule has 86 valence electrons. The van der Waals surface area contributed by atoms with Crippen LogP contribution in [-0.4, -0.2) is 47.7 Å². The van der Waals surface area contributed by atoms with Gasteiger partial charge in [0.1, 0.15) is 0 Å².